The van der Waals surface area contributed by atoms with Gasteiger partial charge in [0.05, 0.1) is 9.79 Å². The number of carbonyl (C=O) groups excluding carboxylic acids is 1. The Labute approximate surface area is 235 Å². The van der Waals surface area contributed by atoms with Crippen molar-refractivity contribution in [1.82, 2.24) is 13.9 Å². The Balaban J connectivity index is 1.32. The second-order valence-corrected chi connectivity index (χ2v) is 14.1. The van der Waals surface area contributed by atoms with Crippen LogP contribution in [0.5, 0.6) is 0 Å². The summed E-state index contributed by atoms with van der Waals surface area (Å²) in [6.07, 6.45) is 0.318. The molecule has 8 nitrogen and oxygen atoms in total. The van der Waals surface area contributed by atoms with Crippen molar-refractivity contribution in [2.75, 3.05) is 26.2 Å². The van der Waals surface area contributed by atoms with E-state index < -0.39 is 26.1 Å². The zero-order valence-electron chi connectivity index (χ0n) is 22.5. The van der Waals surface area contributed by atoms with Gasteiger partial charge in [0.2, 0.25) is 26.0 Å². The number of carbonyl (C=O) groups is 1. The number of hydrogen-bond donors (Lipinski definition) is 1. The number of rotatable bonds is 8. The molecule has 0 aliphatic carbocycles. The minimum absolute atomic E-state index is 0.0544. The van der Waals surface area contributed by atoms with Gasteiger partial charge >= 0.3 is 0 Å². The second-order valence-electron chi connectivity index (χ2n) is 10.5. The topological polar surface area (TPSA) is 104 Å². The van der Waals surface area contributed by atoms with Crippen LogP contribution in [-0.2, 0) is 24.8 Å². The quantitative estimate of drug-likeness (QED) is 0.337. The number of sulfonamides is 2. The minimum atomic E-state index is -4.01. The van der Waals surface area contributed by atoms with Gasteiger partial charge in [-0.15, -0.1) is 0 Å². The highest BCUT2D eigenvalue weighted by Gasteiger charge is 2.35. The fourth-order valence-electron chi connectivity index (χ4n) is 5.20. The molecule has 0 bridgehead atoms. The van der Waals surface area contributed by atoms with Crippen LogP contribution in [0.15, 0.2) is 94.7 Å². The van der Waals surface area contributed by atoms with Gasteiger partial charge in [0.15, 0.2) is 0 Å². The molecule has 1 saturated heterocycles. The molecule has 10 heteroatoms. The molecule has 1 unspecified atom stereocenters. The van der Waals surface area contributed by atoms with E-state index in [0.29, 0.717) is 11.8 Å². The van der Waals surface area contributed by atoms with Gasteiger partial charge in [-0.25, -0.2) is 16.8 Å². The molecule has 4 aromatic rings. The van der Waals surface area contributed by atoms with Gasteiger partial charge in [-0.3, -0.25) is 4.79 Å². The SMILES string of the molecule is CC(C)CC(NS(=O)(=O)c1cccc2ccccc12)C(=O)N1CCN(S(=O)(=O)c2ccc3ccccc3c2)CC1. The van der Waals surface area contributed by atoms with E-state index in [0.717, 1.165) is 16.2 Å². The van der Waals surface area contributed by atoms with E-state index in [1.54, 1.807) is 41.3 Å². The molecule has 1 atom stereocenters. The van der Waals surface area contributed by atoms with Gasteiger partial charge in [0.1, 0.15) is 6.04 Å². The van der Waals surface area contributed by atoms with E-state index in [9.17, 15) is 21.6 Å². The molecule has 40 heavy (non-hydrogen) atoms. The molecule has 1 fully saturated rings. The summed E-state index contributed by atoms with van der Waals surface area (Å²) in [5.74, 6) is -0.293. The first kappa shape index (κ1) is 28.2. The zero-order valence-corrected chi connectivity index (χ0v) is 24.2. The van der Waals surface area contributed by atoms with Crippen molar-refractivity contribution < 1.29 is 21.6 Å². The highest BCUT2D eigenvalue weighted by atomic mass is 32.2. The van der Waals surface area contributed by atoms with Crippen molar-refractivity contribution in [2.45, 2.75) is 36.1 Å². The molecular weight excluding hydrogens is 546 g/mol. The van der Waals surface area contributed by atoms with Crippen LogP contribution in [0.4, 0.5) is 0 Å². The van der Waals surface area contributed by atoms with Crippen LogP contribution in [0.25, 0.3) is 21.5 Å². The van der Waals surface area contributed by atoms with Crippen LogP contribution in [0.2, 0.25) is 0 Å². The summed E-state index contributed by atoms with van der Waals surface area (Å²) in [6.45, 7) is 4.48. The fourth-order valence-corrected chi connectivity index (χ4v) is 8.09. The third kappa shape index (κ3) is 5.76. The van der Waals surface area contributed by atoms with E-state index in [1.165, 1.54) is 10.4 Å². The number of nitrogens with one attached hydrogen (secondary N) is 1. The van der Waals surface area contributed by atoms with Crippen LogP contribution < -0.4 is 4.72 Å². The first-order valence-corrected chi connectivity index (χ1v) is 16.3. The van der Waals surface area contributed by atoms with E-state index >= 15 is 0 Å². The Bertz CT molecular complexity index is 1760. The maximum absolute atomic E-state index is 13.6. The average Bonchev–Trinajstić information content (AvgIpc) is 2.95. The molecule has 1 aliphatic heterocycles. The maximum atomic E-state index is 13.6. The fraction of sp³-hybridized carbons (Fsp3) is 0.300. The maximum Gasteiger partial charge on any atom is 0.243 e. The molecular formula is C30H33N3O5S2. The second kappa shape index (κ2) is 11.3. The molecule has 1 heterocycles. The van der Waals surface area contributed by atoms with E-state index in [2.05, 4.69) is 4.72 Å². The summed E-state index contributed by atoms with van der Waals surface area (Å²) < 4.78 is 57.8. The Hall–Kier alpha value is -3.31. The summed E-state index contributed by atoms with van der Waals surface area (Å²) in [5, 5.41) is 3.17. The predicted octanol–water partition coefficient (Wildman–Crippen LogP) is 4.22. The lowest BCUT2D eigenvalue weighted by atomic mass is 10.0. The number of piperazine rings is 1. The Morgan fingerprint density at radius 3 is 2.10 bits per heavy atom. The zero-order chi connectivity index (χ0) is 28.5. The molecule has 0 spiro atoms. The third-order valence-corrected chi connectivity index (χ3v) is 10.7. The van der Waals surface area contributed by atoms with Gasteiger partial charge in [-0.05, 0) is 46.7 Å². The van der Waals surface area contributed by atoms with Crippen LogP contribution in [-0.4, -0.2) is 64.2 Å². The first-order chi connectivity index (χ1) is 19.1. The summed E-state index contributed by atoms with van der Waals surface area (Å²) in [7, 11) is -7.75. The summed E-state index contributed by atoms with van der Waals surface area (Å²) >= 11 is 0. The molecule has 0 radical (unpaired) electrons. The third-order valence-electron chi connectivity index (χ3n) is 7.25. The molecule has 5 rings (SSSR count). The van der Waals surface area contributed by atoms with Crippen molar-refractivity contribution in [3.8, 4) is 0 Å². The predicted molar refractivity (Wildman–Crippen MR) is 157 cm³/mol. The van der Waals surface area contributed by atoms with Crippen LogP contribution in [0, 0.1) is 5.92 Å². The normalized spacial score (nSPS) is 16.0. The Morgan fingerprint density at radius 2 is 1.40 bits per heavy atom. The van der Waals surface area contributed by atoms with E-state index in [1.807, 2.05) is 56.3 Å². The van der Waals surface area contributed by atoms with E-state index in [-0.39, 0.29) is 47.8 Å². The number of benzene rings is 4. The number of fused-ring (bicyclic) bond motifs is 2. The van der Waals surface area contributed by atoms with Crippen molar-refractivity contribution in [1.29, 1.82) is 0 Å². The summed E-state index contributed by atoms with van der Waals surface area (Å²) in [4.78, 5) is 15.5. The number of nitrogens with zero attached hydrogens (tertiary/aromatic N) is 2. The van der Waals surface area contributed by atoms with Gasteiger partial charge in [0.25, 0.3) is 0 Å². The molecule has 1 amide bonds. The summed E-state index contributed by atoms with van der Waals surface area (Å²) in [6, 6.07) is 24.0. The minimum Gasteiger partial charge on any atom is -0.339 e. The lowest BCUT2D eigenvalue weighted by Gasteiger charge is -2.36. The molecule has 1 aliphatic rings. The van der Waals surface area contributed by atoms with Crippen molar-refractivity contribution >= 4 is 47.5 Å². The molecule has 0 saturated carbocycles. The van der Waals surface area contributed by atoms with Gasteiger partial charge < -0.3 is 4.90 Å². The van der Waals surface area contributed by atoms with Crippen LogP contribution in [0.3, 0.4) is 0 Å². The Kier molecular flexibility index (Phi) is 7.96. The van der Waals surface area contributed by atoms with E-state index in [4.69, 9.17) is 0 Å². The van der Waals surface area contributed by atoms with Gasteiger partial charge in [-0.1, -0.05) is 80.6 Å². The first-order valence-electron chi connectivity index (χ1n) is 13.3. The largest absolute Gasteiger partial charge is 0.339 e. The smallest absolute Gasteiger partial charge is 0.243 e. The van der Waals surface area contributed by atoms with Gasteiger partial charge in [0, 0.05) is 31.6 Å². The molecule has 1 N–H and O–H groups in total. The molecule has 0 aromatic heterocycles. The van der Waals surface area contributed by atoms with Crippen molar-refractivity contribution in [3.63, 3.8) is 0 Å². The molecule has 210 valence electrons. The monoisotopic (exact) mass is 579 g/mol. The average molecular weight is 580 g/mol. The standard InChI is InChI=1S/C30H33N3O5S2/c1-22(2)20-28(31-39(35,36)29-13-7-11-24-9-5-6-12-27(24)29)30(34)32-16-18-33(19-17-32)40(37,38)26-15-14-23-8-3-4-10-25(23)21-26/h3-15,21-22,28,31H,16-20H2,1-2H3. The van der Waals surface area contributed by atoms with Crippen LogP contribution >= 0.6 is 0 Å². The Morgan fingerprint density at radius 1 is 0.775 bits per heavy atom. The highest BCUT2D eigenvalue weighted by molar-refractivity contribution is 7.90. The summed E-state index contributed by atoms with van der Waals surface area (Å²) in [5.41, 5.74) is 0. The lowest BCUT2D eigenvalue weighted by molar-refractivity contribution is -0.134. The number of amides is 1. The lowest BCUT2D eigenvalue weighted by Crippen LogP contribution is -2.56. The number of hydrogen-bond acceptors (Lipinski definition) is 5. The van der Waals surface area contributed by atoms with Gasteiger partial charge in [-0.2, -0.15) is 9.03 Å². The van der Waals surface area contributed by atoms with Crippen LogP contribution in [0.1, 0.15) is 20.3 Å². The molecule has 4 aromatic carbocycles. The highest BCUT2D eigenvalue weighted by Crippen LogP contribution is 2.25. The van der Waals surface area contributed by atoms with Crippen molar-refractivity contribution in [2.24, 2.45) is 5.92 Å². The van der Waals surface area contributed by atoms with Crippen molar-refractivity contribution in [3.05, 3.63) is 84.9 Å².